The van der Waals surface area contributed by atoms with Crippen LogP contribution in [0.5, 0.6) is 0 Å². The van der Waals surface area contributed by atoms with Crippen LogP contribution in [0.1, 0.15) is 24.1 Å². The molecule has 102 valence electrons. The van der Waals surface area contributed by atoms with Crippen molar-refractivity contribution in [3.8, 4) is 0 Å². The van der Waals surface area contributed by atoms with Gasteiger partial charge < -0.3 is 5.32 Å². The van der Waals surface area contributed by atoms with E-state index in [-0.39, 0.29) is 10.6 Å². The lowest BCUT2D eigenvalue weighted by Gasteiger charge is -2.19. The van der Waals surface area contributed by atoms with Crippen LogP contribution < -0.4 is 5.32 Å². The minimum absolute atomic E-state index is 0.208. The number of thiophene rings is 1. The zero-order chi connectivity index (χ0) is 14.0. The molecular formula is C13H11BrClF2NS. The van der Waals surface area contributed by atoms with E-state index in [4.69, 9.17) is 11.6 Å². The van der Waals surface area contributed by atoms with E-state index in [0.717, 1.165) is 22.2 Å². The van der Waals surface area contributed by atoms with E-state index in [0.29, 0.717) is 6.54 Å². The second kappa shape index (κ2) is 6.31. The maximum Gasteiger partial charge on any atom is 0.142 e. The second-order valence-electron chi connectivity index (χ2n) is 3.95. The first-order valence-electron chi connectivity index (χ1n) is 5.64. The van der Waals surface area contributed by atoms with Crippen LogP contribution in [-0.2, 0) is 0 Å². The molecule has 2 rings (SSSR count). The topological polar surface area (TPSA) is 12.0 Å². The van der Waals surface area contributed by atoms with Crippen LogP contribution >= 0.6 is 38.9 Å². The zero-order valence-electron chi connectivity index (χ0n) is 10.0. The van der Waals surface area contributed by atoms with E-state index in [1.165, 1.54) is 11.3 Å². The van der Waals surface area contributed by atoms with Gasteiger partial charge in [0.15, 0.2) is 0 Å². The molecule has 1 N–H and O–H groups in total. The third-order valence-corrected chi connectivity index (χ3v) is 4.75. The van der Waals surface area contributed by atoms with Gasteiger partial charge in [-0.15, -0.1) is 0 Å². The quantitative estimate of drug-likeness (QED) is 0.739. The number of rotatable bonds is 4. The van der Waals surface area contributed by atoms with Crippen molar-refractivity contribution in [2.45, 2.75) is 13.0 Å². The molecule has 0 aliphatic rings. The Labute approximate surface area is 127 Å². The monoisotopic (exact) mass is 365 g/mol. The van der Waals surface area contributed by atoms with Gasteiger partial charge in [0.2, 0.25) is 0 Å². The van der Waals surface area contributed by atoms with Crippen molar-refractivity contribution in [1.82, 2.24) is 5.32 Å². The fourth-order valence-corrected chi connectivity index (χ4v) is 3.55. The van der Waals surface area contributed by atoms with E-state index in [9.17, 15) is 8.78 Å². The number of halogens is 4. The summed E-state index contributed by atoms with van der Waals surface area (Å²) in [5.74, 6) is -1.14. The predicted molar refractivity (Wildman–Crippen MR) is 78.9 cm³/mol. The van der Waals surface area contributed by atoms with Gasteiger partial charge in [0.05, 0.1) is 11.1 Å². The van der Waals surface area contributed by atoms with Gasteiger partial charge in [-0.1, -0.05) is 18.5 Å². The molecule has 2 aromatic rings. The van der Waals surface area contributed by atoms with E-state index >= 15 is 0 Å². The average Bonchev–Trinajstić information content (AvgIpc) is 2.77. The highest BCUT2D eigenvalue weighted by Gasteiger charge is 2.21. The van der Waals surface area contributed by atoms with Crippen LogP contribution in [0, 0.1) is 11.6 Å². The number of benzene rings is 1. The molecule has 0 fully saturated rings. The third-order valence-electron chi connectivity index (χ3n) is 2.71. The summed E-state index contributed by atoms with van der Waals surface area (Å²) in [5, 5.41) is 6.76. The lowest BCUT2D eigenvalue weighted by molar-refractivity contribution is 0.545. The molecule has 1 heterocycles. The highest BCUT2D eigenvalue weighted by molar-refractivity contribution is 9.10. The summed E-state index contributed by atoms with van der Waals surface area (Å²) in [5.41, 5.74) is 1.13. The molecule has 0 radical (unpaired) electrons. The molecule has 1 unspecified atom stereocenters. The molecular weight excluding hydrogens is 356 g/mol. The van der Waals surface area contributed by atoms with Crippen LogP contribution in [0.15, 0.2) is 27.4 Å². The molecule has 0 bridgehead atoms. The highest BCUT2D eigenvalue weighted by Crippen LogP contribution is 2.34. The van der Waals surface area contributed by atoms with Gasteiger partial charge in [0, 0.05) is 15.4 Å². The third kappa shape index (κ3) is 3.16. The van der Waals surface area contributed by atoms with Gasteiger partial charge in [0.25, 0.3) is 0 Å². The molecule has 1 nitrogen and oxygen atoms in total. The van der Waals surface area contributed by atoms with Crippen LogP contribution in [0.25, 0.3) is 0 Å². The Kier molecular flexibility index (Phi) is 4.95. The van der Waals surface area contributed by atoms with Crippen LogP contribution in [0.2, 0.25) is 5.02 Å². The molecule has 19 heavy (non-hydrogen) atoms. The molecule has 1 aromatic heterocycles. The van der Waals surface area contributed by atoms with Crippen LogP contribution in [0.4, 0.5) is 8.78 Å². The summed E-state index contributed by atoms with van der Waals surface area (Å²) in [6.07, 6.45) is 0. The van der Waals surface area contributed by atoms with Crippen molar-refractivity contribution in [3.63, 3.8) is 0 Å². The molecule has 0 saturated carbocycles. The molecule has 6 heteroatoms. The summed E-state index contributed by atoms with van der Waals surface area (Å²) in [6.45, 7) is 2.55. The lowest BCUT2D eigenvalue weighted by Crippen LogP contribution is -2.23. The largest absolute Gasteiger partial charge is 0.306 e. The lowest BCUT2D eigenvalue weighted by atomic mass is 10.0. The van der Waals surface area contributed by atoms with Gasteiger partial charge in [-0.2, -0.15) is 11.3 Å². The van der Waals surface area contributed by atoms with Gasteiger partial charge in [-0.3, -0.25) is 0 Å². The van der Waals surface area contributed by atoms with Gasteiger partial charge in [-0.05, 0) is 45.6 Å². The maximum absolute atomic E-state index is 14.0. The van der Waals surface area contributed by atoms with Crippen molar-refractivity contribution in [2.24, 2.45) is 0 Å². The molecule has 0 spiro atoms. The molecule has 1 atom stereocenters. The summed E-state index contributed by atoms with van der Waals surface area (Å²) >= 11 is 10.5. The fraction of sp³-hybridized carbons (Fsp3) is 0.231. The highest BCUT2D eigenvalue weighted by atomic mass is 79.9. The zero-order valence-corrected chi connectivity index (χ0v) is 13.2. The Bertz CT molecular complexity index is 588. The number of hydrogen-bond acceptors (Lipinski definition) is 2. The van der Waals surface area contributed by atoms with E-state index in [1.807, 2.05) is 17.7 Å². The summed E-state index contributed by atoms with van der Waals surface area (Å²) in [4.78, 5) is 0. The van der Waals surface area contributed by atoms with Gasteiger partial charge in [-0.25, -0.2) is 8.78 Å². The summed E-state index contributed by atoms with van der Waals surface area (Å²) in [7, 11) is 0. The van der Waals surface area contributed by atoms with Gasteiger partial charge in [0.1, 0.15) is 11.6 Å². The Morgan fingerprint density at radius 3 is 2.58 bits per heavy atom. The minimum Gasteiger partial charge on any atom is -0.306 e. The first-order valence-corrected chi connectivity index (χ1v) is 7.75. The van der Waals surface area contributed by atoms with Crippen LogP contribution in [-0.4, -0.2) is 6.54 Å². The Morgan fingerprint density at radius 1 is 1.26 bits per heavy atom. The van der Waals surface area contributed by atoms with Crippen LogP contribution in [0.3, 0.4) is 0 Å². The standard InChI is InChI=1S/C13H11BrClF2NS/c1-2-18-13(8-5-19-6-9(8)14)7-3-12(17)10(15)4-11(7)16/h3-6,13,18H,2H2,1H3. The van der Waals surface area contributed by atoms with E-state index < -0.39 is 17.7 Å². The molecule has 0 amide bonds. The van der Waals surface area contributed by atoms with Crippen molar-refractivity contribution >= 4 is 38.9 Å². The number of hydrogen-bond donors (Lipinski definition) is 1. The average molecular weight is 367 g/mol. The van der Waals surface area contributed by atoms with E-state index in [2.05, 4.69) is 21.2 Å². The molecule has 0 saturated heterocycles. The number of nitrogens with one attached hydrogen (secondary N) is 1. The first-order chi connectivity index (χ1) is 9.04. The Morgan fingerprint density at radius 2 is 2.00 bits per heavy atom. The van der Waals surface area contributed by atoms with Crippen molar-refractivity contribution < 1.29 is 8.78 Å². The van der Waals surface area contributed by atoms with E-state index in [1.54, 1.807) is 0 Å². The Hall–Kier alpha value is -0.490. The predicted octanol–water partition coefficient (Wildman–Crippen LogP) is 5.14. The SMILES string of the molecule is CCNC(c1cc(F)c(Cl)cc1F)c1cscc1Br. The van der Waals surface area contributed by atoms with Crippen molar-refractivity contribution in [3.05, 3.63) is 55.1 Å². The minimum atomic E-state index is -0.618. The fourth-order valence-electron chi connectivity index (χ4n) is 1.85. The maximum atomic E-state index is 14.0. The molecule has 1 aromatic carbocycles. The normalized spacial score (nSPS) is 12.7. The summed E-state index contributed by atoms with van der Waals surface area (Å²) < 4.78 is 28.5. The van der Waals surface area contributed by atoms with Crippen molar-refractivity contribution in [1.29, 1.82) is 0 Å². The molecule has 0 aliphatic heterocycles. The summed E-state index contributed by atoms with van der Waals surface area (Å²) in [6, 6.07) is 1.75. The molecule has 0 aliphatic carbocycles. The van der Waals surface area contributed by atoms with Crippen molar-refractivity contribution in [2.75, 3.05) is 6.54 Å². The Balaban J connectivity index is 2.51. The second-order valence-corrected chi connectivity index (χ2v) is 5.96. The first kappa shape index (κ1) is 14.9. The van der Waals surface area contributed by atoms with Gasteiger partial charge >= 0.3 is 0 Å². The smallest absolute Gasteiger partial charge is 0.142 e.